The van der Waals surface area contributed by atoms with E-state index in [9.17, 15) is 14.3 Å². The molecule has 0 saturated carbocycles. The second kappa shape index (κ2) is 23.0. The maximum Gasteiger partial charge on any atom is 0.329 e. The van der Waals surface area contributed by atoms with Gasteiger partial charge >= 0.3 is 13.6 Å². The molecule has 0 amide bonds. The second-order valence-electron chi connectivity index (χ2n) is 10.1. The molecule has 0 fully saturated rings. The second-order valence-corrected chi connectivity index (χ2v) is 12.1. The molecule has 34 heavy (non-hydrogen) atoms. The summed E-state index contributed by atoms with van der Waals surface area (Å²) in [5.74, 6) is -0.373. The zero-order chi connectivity index (χ0) is 25.5. The predicted molar refractivity (Wildman–Crippen MR) is 144 cm³/mol. The highest BCUT2D eigenvalue weighted by molar-refractivity contribution is 7.52. The van der Waals surface area contributed by atoms with E-state index in [0.717, 1.165) is 12.8 Å². The Morgan fingerprint density at radius 1 is 0.794 bits per heavy atom. The molecule has 0 aromatic carbocycles. The number of carbonyl (C=O) groups excluding carboxylic acids is 1. The van der Waals surface area contributed by atoms with E-state index in [1.54, 1.807) is 0 Å². The monoisotopic (exact) mass is 505 g/mol. The van der Waals surface area contributed by atoms with Gasteiger partial charge in [0.15, 0.2) is 0 Å². The SMILES string of the molecule is CCCCCCCCCCCCCCCCCCCC(COP(=O)(O)CCN(C)C)OC(C)=O. The number of nitrogens with zero attached hydrogens (tertiary/aromatic N) is 1. The summed E-state index contributed by atoms with van der Waals surface area (Å²) in [5.41, 5.74) is 0. The maximum atomic E-state index is 12.1. The van der Waals surface area contributed by atoms with Gasteiger partial charge in [-0.1, -0.05) is 110 Å². The highest BCUT2D eigenvalue weighted by Gasteiger charge is 2.23. The summed E-state index contributed by atoms with van der Waals surface area (Å²) in [6, 6.07) is 0. The van der Waals surface area contributed by atoms with Crippen LogP contribution in [0.15, 0.2) is 0 Å². The largest absolute Gasteiger partial charge is 0.460 e. The standard InChI is InChI=1S/C27H56NO5P/c1-5-6-7-8-9-10-11-12-13-14-15-16-17-18-19-20-21-22-27(33-26(2)29)25-32-34(30,31)24-23-28(3)4/h27H,5-25H2,1-4H3,(H,30,31). The molecular weight excluding hydrogens is 449 g/mol. The van der Waals surface area contributed by atoms with Gasteiger partial charge in [-0.15, -0.1) is 0 Å². The Labute approximate surface area is 211 Å². The fraction of sp³-hybridized carbons (Fsp3) is 0.963. The van der Waals surface area contributed by atoms with Crippen molar-refractivity contribution in [3.8, 4) is 0 Å². The van der Waals surface area contributed by atoms with Gasteiger partial charge in [0.05, 0.1) is 12.8 Å². The zero-order valence-electron chi connectivity index (χ0n) is 22.9. The molecule has 0 aromatic rings. The summed E-state index contributed by atoms with van der Waals surface area (Å²) in [6.07, 6.45) is 22.8. The van der Waals surface area contributed by atoms with Gasteiger partial charge in [0.25, 0.3) is 0 Å². The van der Waals surface area contributed by atoms with E-state index in [2.05, 4.69) is 6.92 Å². The topological polar surface area (TPSA) is 76.1 Å². The molecule has 2 atom stereocenters. The van der Waals surface area contributed by atoms with Crippen LogP contribution in [-0.4, -0.2) is 55.3 Å². The first-order valence-electron chi connectivity index (χ1n) is 14.0. The van der Waals surface area contributed by atoms with Gasteiger partial charge in [0.2, 0.25) is 0 Å². The number of hydrogen-bond donors (Lipinski definition) is 1. The van der Waals surface area contributed by atoms with Crippen LogP contribution in [0.1, 0.15) is 129 Å². The Balaban J connectivity index is 3.65. The molecular formula is C27H56NO5P. The molecule has 0 spiro atoms. The summed E-state index contributed by atoms with van der Waals surface area (Å²) < 4.78 is 22.6. The van der Waals surface area contributed by atoms with Crippen LogP contribution in [0.25, 0.3) is 0 Å². The van der Waals surface area contributed by atoms with E-state index >= 15 is 0 Å². The zero-order valence-corrected chi connectivity index (χ0v) is 23.8. The van der Waals surface area contributed by atoms with E-state index in [1.807, 2.05) is 19.0 Å². The number of esters is 1. The molecule has 1 N–H and O–H groups in total. The lowest BCUT2D eigenvalue weighted by molar-refractivity contribution is -0.148. The van der Waals surface area contributed by atoms with Gasteiger partial charge in [-0.25, -0.2) is 0 Å². The minimum Gasteiger partial charge on any atom is -0.460 e. The van der Waals surface area contributed by atoms with Crippen LogP contribution in [0, 0.1) is 0 Å². The van der Waals surface area contributed by atoms with Crippen molar-refractivity contribution in [3.05, 3.63) is 0 Å². The van der Waals surface area contributed by atoms with Crippen LogP contribution < -0.4 is 0 Å². The minimum atomic E-state index is -3.65. The molecule has 0 aliphatic carbocycles. The third-order valence-electron chi connectivity index (χ3n) is 6.25. The van der Waals surface area contributed by atoms with Crippen LogP contribution in [0.3, 0.4) is 0 Å². The molecule has 2 unspecified atom stereocenters. The molecule has 0 aliphatic rings. The maximum absolute atomic E-state index is 12.1. The summed E-state index contributed by atoms with van der Waals surface area (Å²) >= 11 is 0. The van der Waals surface area contributed by atoms with Crippen molar-refractivity contribution >= 4 is 13.6 Å². The number of carbonyl (C=O) groups is 1. The first kappa shape index (κ1) is 33.6. The molecule has 0 bridgehead atoms. The van der Waals surface area contributed by atoms with E-state index < -0.39 is 13.7 Å². The van der Waals surface area contributed by atoms with Gasteiger partial charge in [0, 0.05) is 13.5 Å². The average Bonchev–Trinajstić information content (AvgIpc) is 2.78. The van der Waals surface area contributed by atoms with E-state index in [-0.39, 0.29) is 18.7 Å². The van der Waals surface area contributed by atoms with Gasteiger partial charge in [-0.3, -0.25) is 9.36 Å². The van der Waals surface area contributed by atoms with Crippen molar-refractivity contribution in [3.63, 3.8) is 0 Å². The lowest BCUT2D eigenvalue weighted by atomic mass is 10.0. The third kappa shape index (κ3) is 24.7. The highest BCUT2D eigenvalue weighted by atomic mass is 31.2. The number of hydrogen-bond acceptors (Lipinski definition) is 5. The van der Waals surface area contributed by atoms with Crippen LogP contribution in [0.4, 0.5) is 0 Å². The van der Waals surface area contributed by atoms with Gasteiger partial charge in [-0.2, -0.15) is 0 Å². The average molecular weight is 506 g/mol. The Bertz CT molecular complexity index is 515. The van der Waals surface area contributed by atoms with Crippen LogP contribution in [0.2, 0.25) is 0 Å². The summed E-state index contributed by atoms with van der Waals surface area (Å²) in [6.45, 7) is 4.10. The van der Waals surface area contributed by atoms with Crippen molar-refractivity contribution in [1.29, 1.82) is 0 Å². The summed E-state index contributed by atoms with van der Waals surface area (Å²) in [7, 11) is 0.0398. The first-order valence-corrected chi connectivity index (χ1v) is 15.8. The molecule has 0 heterocycles. The van der Waals surface area contributed by atoms with Gasteiger partial charge < -0.3 is 19.1 Å². The lowest BCUT2D eigenvalue weighted by Crippen LogP contribution is -2.23. The van der Waals surface area contributed by atoms with Crippen molar-refractivity contribution in [2.75, 3.05) is 33.4 Å². The molecule has 0 aliphatic heterocycles. The minimum absolute atomic E-state index is 0.0142. The Morgan fingerprint density at radius 3 is 1.59 bits per heavy atom. The predicted octanol–water partition coefficient (Wildman–Crippen LogP) is 7.72. The van der Waals surface area contributed by atoms with Crippen LogP contribution in [-0.2, 0) is 18.6 Å². The van der Waals surface area contributed by atoms with Crippen LogP contribution >= 0.6 is 7.60 Å². The molecule has 6 nitrogen and oxygen atoms in total. The fourth-order valence-corrected chi connectivity index (χ4v) is 5.28. The van der Waals surface area contributed by atoms with E-state index in [0.29, 0.717) is 13.0 Å². The Morgan fingerprint density at radius 2 is 1.21 bits per heavy atom. The molecule has 204 valence electrons. The van der Waals surface area contributed by atoms with Gasteiger partial charge in [0.1, 0.15) is 6.10 Å². The van der Waals surface area contributed by atoms with Gasteiger partial charge in [-0.05, 0) is 26.9 Å². The highest BCUT2D eigenvalue weighted by Crippen LogP contribution is 2.41. The van der Waals surface area contributed by atoms with Crippen molar-refractivity contribution in [1.82, 2.24) is 4.90 Å². The third-order valence-corrected chi connectivity index (χ3v) is 7.57. The fourth-order valence-electron chi connectivity index (χ4n) is 4.10. The Hall–Kier alpha value is -0.420. The van der Waals surface area contributed by atoms with E-state index in [4.69, 9.17) is 9.26 Å². The molecule has 0 aromatic heterocycles. The van der Waals surface area contributed by atoms with E-state index in [1.165, 1.54) is 103 Å². The van der Waals surface area contributed by atoms with Crippen molar-refractivity contribution in [2.24, 2.45) is 0 Å². The normalized spacial score (nSPS) is 14.3. The smallest absolute Gasteiger partial charge is 0.329 e. The number of ether oxygens (including phenoxy) is 1. The number of unbranched alkanes of at least 4 members (excludes halogenated alkanes) is 16. The molecule has 0 saturated heterocycles. The van der Waals surface area contributed by atoms with Crippen LogP contribution in [0.5, 0.6) is 0 Å². The first-order chi connectivity index (χ1) is 16.3. The molecule has 0 radical (unpaired) electrons. The lowest BCUT2D eigenvalue weighted by Gasteiger charge is -2.20. The molecule has 7 heteroatoms. The van der Waals surface area contributed by atoms with Crippen molar-refractivity contribution in [2.45, 2.75) is 136 Å². The number of rotatable bonds is 25. The van der Waals surface area contributed by atoms with Crippen molar-refractivity contribution < 1.29 is 23.5 Å². The summed E-state index contributed by atoms with van der Waals surface area (Å²) in [5, 5.41) is 0. The Kier molecular flexibility index (Phi) is 22.7. The molecule has 0 rings (SSSR count). The summed E-state index contributed by atoms with van der Waals surface area (Å²) in [4.78, 5) is 23.1. The quantitative estimate of drug-likeness (QED) is 0.0777.